The highest BCUT2D eigenvalue weighted by Gasteiger charge is 2.18. The van der Waals surface area contributed by atoms with Crippen LogP contribution in [0, 0.1) is 0 Å². The number of rotatable bonds is 8. The quantitative estimate of drug-likeness (QED) is 0.592. The lowest BCUT2D eigenvalue weighted by Gasteiger charge is -2.22. The minimum Gasteiger partial charge on any atom is -0.380 e. The van der Waals surface area contributed by atoms with Crippen LogP contribution < -0.4 is 9.62 Å². The van der Waals surface area contributed by atoms with Crippen LogP contribution in [0.15, 0.2) is 78.9 Å². The Hall–Kier alpha value is -3.16. The predicted octanol–water partition coefficient (Wildman–Crippen LogP) is 4.05. The highest BCUT2D eigenvalue weighted by atomic mass is 32.2. The highest BCUT2D eigenvalue weighted by molar-refractivity contribution is 7.92. The van der Waals surface area contributed by atoms with E-state index in [1.807, 2.05) is 48.5 Å². The summed E-state index contributed by atoms with van der Waals surface area (Å²) in [4.78, 5) is 12.6. The van der Waals surface area contributed by atoms with Crippen LogP contribution in [0.2, 0.25) is 0 Å². The molecule has 0 saturated heterocycles. The zero-order chi connectivity index (χ0) is 21.6. The van der Waals surface area contributed by atoms with Crippen molar-refractivity contribution < 1.29 is 17.9 Å². The second-order valence-electron chi connectivity index (χ2n) is 6.89. The fourth-order valence-corrected chi connectivity index (χ4v) is 3.93. The fraction of sp³-hybridized carbons (Fsp3) is 0.174. The van der Waals surface area contributed by atoms with Crippen LogP contribution in [0.25, 0.3) is 0 Å². The molecule has 156 valence electrons. The SMILES string of the molecule is COCc1cccc(NC(=O)c2ccc(N(Cc3ccccc3)S(C)(=O)=O)cc2)c1. The van der Waals surface area contributed by atoms with Crippen molar-refractivity contribution in [2.45, 2.75) is 13.2 Å². The van der Waals surface area contributed by atoms with Gasteiger partial charge in [0.1, 0.15) is 0 Å². The molecule has 0 bridgehead atoms. The predicted molar refractivity (Wildman–Crippen MR) is 119 cm³/mol. The van der Waals surface area contributed by atoms with Gasteiger partial charge < -0.3 is 10.1 Å². The van der Waals surface area contributed by atoms with Gasteiger partial charge in [-0.3, -0.25) is 9.10 Å². The Morgan fingerprint density at radius 2 is 1.60 bits per heavy atom. The summed E-state index contributed by atoms with van der Waals surface area (Å²) in [5, 5.41) is 2.85. The molecule has 3 aromatic carbocycles. The number of nitrogens with zero attached hydrogens (tertiary/aromatic N) is 1. The maximum atomic E-state index is 12.6. The van der Waals surface area contributed by atoms with E-state index in [1.54, 1.807) is 37.4 Å². The molecule has 0 fully saturated rings. The number of anilines is 2. The normalized spacial score (nSPS) is 11.1. The molecule has 6 nitrogen and oxygen atoms in total. The largest absolute Gasteiger partial charge is 0.380 e. The molecule has 0 aliphatic carbocycles. The number of ether oxygens (including phenoxy) is 1. The van der Waals surface area contributed by atoms with Crippen LogP contribution in [0.3, 0.4) is 0 Å². The maximum Gasteiger partial charge on any atom is 0.255 e. The molecule has 0 atom stereocenters. The van der Waals surface area contributed by atoms with E-state index in [1.165, 1.54) is 10.6 Å². The van der Waals surface area contributed by atoms with Crippen molar-refractivity contribution in [1.29, 1.82) is 0 Å². The van der Waals surface area contributed by atoms with Crippen molar-refractivity contribution in [3.63, 3.8) is 0 Å². The summed E-state index contributed by atoms with van der Waals surface area (Å²) < 4.78 is 31.1. The molecule has 30 heavy (non-hydrogen) atoms. The Morgan fingerprint density at radius 1 is 0.933 bits per heavy atom. The lowest BCUT2D eigenvalue weighted by molar-refractivity contribution is 0.102. The number of carbonyl (C=O) groups is 1. The molecule has 0 aromatic heterocycles. The van der Waals surface area contributed by atoms with Gasteiger partial charge in [0.15, 0.2) is 0 Å². The molecule has 7 heteroatoms. The molecule has 0 aliphatic heterocycles. The van der Waals surface area contributed by atoms with Crippen molar-refractivity contribution in [2.24, 2.45) is 0 Å². The van der Waals surface area contributed by atoms with Crippen molar-refractivity contribution in [3.8, 4) is 0 Å². The van der Waals surface area contributed by atoms with Crippen LogP contribution in [-0.4, -0.2) is 27.7 Å². The molecule has 0 aliphatic rings. The van der Waals surface area contributed by atoms with E-state index in [0.717, 1.165) is 11.1 Å². The van der Waals surface area contributed by atoms with Gasteiger partial charge in [-0.25, -0.2) is 8.42 Å². The Kier molecular flexibility index (Phi) is 6.87. The van der Waals surface area contributed by atoms with Crippen LogP contribution in [0.4, 0.5) is 11.4 Å². The van der Waals surface area contributed by atoms with Crippen molar-refractivity contribution in [1.82, 2.24) is 0 Å². The molecule has 1 amide bonds. The van der Waals surface area contributed by atoms with Crippen LogP contribution in [0.5, 0.6) is 0 Å². The molecular formula is C23H24N2O4S. The van der Waals surface area contributed by atoms with Gasteiger partial charge >= 0.3 is 0 Å². The van der Waals surface area contributed by atoms with Gasteiger partial charge in [0, 0.05) is 18.4 Å². The topological polar surface area (TPSA) is 75.7 Å². The van der Waals surface area contributed by atoms with Gasteiger partial charge in [0.25, 0.3) is 5.91 Å². The van der Waals surface area contributed by atoms with Gasteiger partial charge in [-0.05, 0) is 47.5 Å². The van der Waals surface area contributed by atoms with Gasteiger partial charge in [-0.15, -0.1) is 0 Å². The summed E-state index contributed by atoms with van der Waals surface area (Å²) in [5.41, 5.74) is 3.43. The third kappa shape index (κ3) is 5.68. The average molecular weight is 425 g/mol. The molecule has 0 saturated carbocycles. The Bertz CT molecular complexity index is 1100. The molecule has 3 aromatic rings. The number of sulfonamides is 1. The molecule has 1 N–H and O–H groups in total. The summed E-state index contributed by atoms with van der Waals surface area (Å²) in [6.07, 6.45) is 1.17. The lowest BCUT2D eigenvalue weighted by Crippen LogP contribution is -2.29. The molecule has 0 heterocycles. The lowest BCUT2D eigenvalue weighted by atomic mass is 10.1. The zero-order valence-electron chi connectivity index (χ0n) is 16.9. The first-order valence-electron chi connectivity index (χ1n) is 9.38. The Morgan fingerprint density at radius 3 is 2.23 bits per heavy atom. The molecular weight excluding hydrogens is 400 g/mol. The summed E-state index contributed by atoms with van der Waals surface area (Å²) in [5.74, 6) is -0.273. The molecule has 0 unspecified atom stereocenters. The summed E-state index contributed by atoms with van der Waals surface area (Å²) in [7, 11) is -1.87. The van der Waals surface area contributed by atoms with E-state index >= 15 is 0 Å². The standard InChI is InChI=1S/C23H24N2O4S/c1-29-17-19-9-6-10-21(15-19)24-23(26)20-11-13-22(14-12-20)25(30(2,27)28)16-18-7-4-3-5-8-18/h3-15H,16-17H2,1-2H3,(H,24,26). The van der Waals surface area contributed by atoms with E-state index in [4.69, 9.17) is 4.74 Å². The first-order valence-corrected chi connectivity index (χ1v) is 11.2. The van der Waals surface area contributed by atoms with Gasteiger partial charge in [-0.2, -0.15) is 0 Å². The van der Waals surface area contributed by atoms with Crippen molar-refractivity contribution >= 4 is 27.3 Å². The summed E-state index contributed by atoms with van der Waals surface area (Å²) >= 11 is 0. The summed E-state index contributed by atoms with van der Waals surface area (Å²) in [6, 6.07) is 23.3. The van der Waals surface area contributed by atoms with E-state index in [2.05, 4.69) is 5.32 Å². The van der Waals surface area contributed by atoms with Crippen LogP contribution in [0.1, 0.15) is 21.5 Å². The number of carbonyl (C=O) groups excluding carboxylic acids is 1. The number of methoxy groups -OCH3 is 1. The molecule has 0 radical (unpaired) electrons. The average Bonchev–Trinajstić information content (AvgIpc) is 2.73. The number of amides is 1. The fourth-order valence-electron chi connectivity index (χ4n) is 3.04. The molecule has 0 spiro atoms. The minimum absolute atomic E-state index is 0.220. The smallest absolute Gasteiger partial charge is 0.255 e. The maximum absolute atomic E-state index is 12.6. The second kappa shape index (κ2) is 9.56. The van der Waals surface area contributed by atoms with E-state index in [9.17, 15) is 13.2 Å². The highest BCUT2D eigenvalue weighted by Crippen LogP contribution is 2.22. The van der Waals surface area contributed by atoms with Gasteiger partial charge in [0.2, 0.25) is 10.0 Å². The van der Waals surface area contributed by atoms with Gasteiger partial charge in [-0.1, -0.05) is 42.5 Å². The monoisotopic (exact) mass is 424 g/mol. The van der Waals surface area contributed by atoms with E-state index in [-0.39, 0.29) is 12.5 Å². The Labute approximate surface area is 177 Å². The number of nitrogens with one attached hydrogen (secondary N) is 1. The zero-order valence-corrected chi connectivity index (χ0v) is 17.7. The third-order valence-electron chi connectivity index (χ3n) is 4.48. The first-order chi connectivity index (χ1) is 14.4. The van der Waals surface area contributed by atoms with Crippen molar-refractivity contribution in [3.05, 3.63) is 95.6 Å². The number of hydrogen-bond acceptors (Lipinski definition) is 4. The minimum atomic E-state index is -3.49. The van der Waals surface area contributed by atoms with Crippen LogP contribution in [-0.2, 0) is 27.9 Å². The van der Waals surface area contributed by atoms with Gasteiger partial charge in [0.05, 0.1) is 25.1 Å². The number of hydrogen-bond donors (Lipinski definition) is 1. The molecule has 3 rings (SSSR count). The van der Waals surface area contributed by atoms with E-state index < -0.39 is 10.0 Å². The third-order valence-corrected chi connectivity index (χ3v) is 5.62. The second-order valence-corrected chi connectivity index (χ2v) is 8.80. The van der Waals surface area contributed by atoms with E-state index in [0.29, 0.717) is 23.5 Å². The van der Waals surface area contributed by atoms with Crippen molar-refractivity contribution in [2.75, 3.05) is 23.0 Å². The summed E-state index contributed by atoms with van der Waals surface area (Å²) in [6.45, 7) is 0.679. The van der Waals surface area contributed by atoms with Crippen LogP contribution >= 0.6 is 0 Å². The Balaban J connectivity index is 1.76. The first kappa shape index (κ1) is 21.5. The number of benzene rings is 3.